The Morgan fingerprint density at radius 3 is 2.33 bits per heavy atom. The van der Waals surface area contributed by atoms with Crippen LogP contribution in [0.1, 0.15) is 35.2 Å². The molecule has 1 atom stereocenters. The first-order valence-electron chi connectivity index (χ1n) is 14.6. The minimum atomic E-state index is -0.886. The van der Waals surface area contributed by atoms with Gasteiger partial charge in [0.05, 0.1) is 41.7 Å². The zero-order valence-corrected chi connectivity index (χ0v) is 26.8. The zero-order chi connectivity index (χ0) is 31.9. The lowest BCUT2D eigenvalue weighted by Crippen LogP contribution is -2.41. The summed E-state index contributed by atoms with van der Waals surface area (Å²) < 4.78 is 7.26. The Hall–Kier alpha value is -4.76. The second-order valence-electron chi connectivity index (χ2n) is 10.7. The number of aromatic nitrogens is 1. The Balaban J connectivity index is 1.50. The van der Waals surface area contributed by atoms with Crippen LogP contribution in [0, 0.1) is 0 Å². The molecule has 228 valence electrons. The van der Waals surface area contributed by atoms with Crippen molar-refractivity contribution in [2.45, 2.75) is 19.5 Å². The fourth-order valence-corrected chi connectivity index (χ4v) is 7.32. The summed E-state index contributed by atoms with van der Waals surface area (Å²) in [6, 6.07) is 30.2. The first-order chi connectivity index (χ1) is 22.4. The zero-order valence-electron chi connectivity index (χ0n) is 24.4. The van der Waals surface area contributed by atoms with Gasteiger partial charge in [0.1, 0.15) is 4.53 Å². The summed E-state index contributed by atoms with van der Waals surface area (Å²) in [5.41, 5.74) is 3.91. The van der Waals surface area contributed by atoms with Gasteiger partial charge in [-0.25, -0.2) is 9.79 Å². The highest BCUT2D eigenvalue weighted by atomic mass is 35.5. The molecule has 0 spiro atoms. The van der Waals surface area contributed by atoms with Crippen LogP contribution in [0.2, 0.25) is 10.0 Å². The van der Waals surface area contributed by atoms with E-state index in [4.69, 9.17) is 32.9 Å². The highest BCUT2D eigenvalue weighted by molar-refractivity contribution is 7.07. The van der Waals surface area contributed by atoms with E-state index in [0.717, 1.165) is 16.9 Å². The average Bonchev–Trinajstić information content (AvgIpc) is 3.54. The first-order valence-corrected chi connectivity index (χ1v) is 16.2. The van der Waals surface area contributed by atoms with E-state index in [9.17, 15) is 14.4 Å². The third-order valence-electron chi connectivity index (χ3n) is 7.97. The molecule has 0 fully saturated rings. The van der Waals surface area contributed by atoms with Crippen molar-refractivity contribution in [1.82, 2.24) is 4.57 Å². The lowest BCUT2D eigenvalue weighted by atomic mass is 9.93. The van der Waals surface area contributed by atoms with Crippen LogP contribution >= 0.6 is 34.5 Å². The Bertz CT molecular complexity index is 2240. The van der Waals surface area contributed by atoms with Gasteiger partial charge in [0.25, 0.3) is 11.5 Å². The summed E-state index contributed by atoms with van der Waals surface area (Å²) in [4.78, 5) is 49.5. The molecule has 2 aliphatic rings. The van der Waals surface area contributed by atoms with Gasteiger partial charge in [0.15, 0.2) is 4.80 Å². The van der Waals surface area contributed by atoms with Crippen LogP contribution in [0.25, 0.3) is 11.3 Å². The molecule has 0 N–H and O–H groups in total. The van der Waals surface area contributed by atoms with E-state index in [0.29, 0.717) is 42.9 Å². The molecule has 4 aromatic carbocycles. The topological polar surface area (TPSA) is 81.0 Å². The number of esters is 1. The number of carbonyl (C=O) groups is 2. The summed E-state index contributed by atoms with van der Waals surface area (Å²) in [7, 11) is 0. The lowest BCUT2D eigenvalue weighted by Gasteiger charge is -2.26. The SMILES string of the molecule is CCOC(=O)C1=C(c2ccccc2)N=c2s/c(=C3/C(=O)N(Cc4ccccc4Cl)c4ccccc43)c(=O)n2[C@@H]1c1ccc(Cl)cc1. The molecule has 1 amide bonds. The highest BCUT2D eigenvalue weighted by Gasteiger charge is 2.38. The highest BCUT2D eigenvalue weighted by Crippen LogP contribution is 2.38. The largest absolute Gasteiger partial charge is 0.463 e. The number of para-hydroxylation sites is 1. The van der Waals surface area contributed by atoms with Crippen molar-refractivity contribution in [2.24, 2.45) is 4.99 Å². The van der Waals surface area contributed by atoms with E-state index < -0.39 is 17.6 Å². The van der Waals surface area contributed by atoms with Crippen LogP contribution in [0.15, 0.2) is 118 Å². The van der Waals surface area contributed by atoms with Gasteiger partial charge in [-0.2, -0.15) is 0 Å². The minimum absolute atomic E-state index is 0.138. The second-order valence-corrected chi connectivity index (χ2v) is 12.5. The van der Waals surface area contributed by atoms with Crippen LogP contribution in [0.5, 0.6) is 0 Å². The molecule has 3 heterocycles. The van der Waals surface area contributed by atoms with Gasteiger partial charge in [-0.05, 0) is 42.3 Å². The lowest BCUT2D eigenvalue weighted by molar-refractivity contribution is -0.138. The molecule has 7 nitrogen and oxygen atoms in total. The number of carbonyl (C=O) groups excluding carboxylic acids is 2. The fourth-order valence-electron chi connectivity index (χ4n) is 5.90. The predicted molar refractivity (Wildman–Crippen MR) is 181 cm³/mol. The van der Waals surface area contributed by atoms with E-state index in [2.05, 4.69) is 0 Å². The molecule has 46 heavy (non-hydrogen) atoms. The standard InChI is InChI=1S/C36H25Cl2N3O4S/c1-2-45-35(44)29-30(21-10-4-3-5-11-21)39-36-41(31(29)22-16-18-24(37)19-17-22)34(43)32(46-36)28-25-13-7-9-15-27(25)40(33(28)42)20-23-12-6-8-14-26(23)38/h3-19,31H,2,20H2,1H3/b32-28+/t31-/m1/s1. The molecule has 10 heteroatoms. The summed E-state index contributed by atoms with van der Waals surface area (Å²) >= 11 is 13.8. The molecule has 0 saturated carbocycles. The monoisotopic (exact) mass is 665 g/mol. The fraction of sp³-hybridized carbons (Fsp3) is 0.111. The Morgan fingerprint density at radius 2 is 1.59 bits per heavy atom. The van der Waals surface area contributed by atoms with Crippen molar-refractivity contribution in [3.63, 3.8) is 0 Å². The molecule has 2 aliphatic heterocycles. The number of halogens is 2. The van der Waals surface area contributed by atoms with Crippen LogP contribution in [-0.2, 0) is 20.9 Å². The van der Waals surface area contributed by atoms with Crippen LogP contribution in [-0.4, -0.2) is 23.1 Å². The van der Waals surface area contributed by atoms with Crippen molar-refractivity contribution in [1.29, 1.82) is 0 Å². The third kappa shape index (κ3) is 5.08. The van der Waals surface area contributed by atoms with Gasteiger partial charge in [-0.1, -0.05) is 113 Å². The van der Waals surface area contributed by atoms with Crippen molar-refractivity contribution >= 4 is 63.4 Å². The minimum Gasteiger partial charge on any atom is -0.463 e. The number of ether oxygens (including phenoxy) is 1. The number of hydrogen-bond acceptors (Lipinski definition) is 6. The molecular weight excluding hydrogens is 641 g/mol. The van der Waals surface area contributed by atoms with Crippen LogP contribution < -0.4 is 19.8 Å². The number of benzene rings is 4. The van der Waals surface area contributed by atoms with Crippen molar-refractivity contribution in [2.75, 3.05) is 11.5 Å². The maximum atomic E-state index is 14.6. The Morgan fingerprint density at radius 1 is 0.891 bits per heavy atom. The van der Waals surface area contributed by atoms with Crippen LogP contribution in [0.3, 0.4) is 0 Å². The van der Waals surface area contributed by atoms with Crippen molar-refractivity contribution in [3.05, 3.63) is 161 Å². The van der Waals surface area contributed by atoms with E-state index >= 15 is 0 Å². The third-order valence-corrected chi connectivity index (χ3v) is 9.65. The Labute approximate surface area is 277 Å². The molecule has 0 bridgehead atoms. The smallest absolute Gasteiger partial charge is 0.338 e. The van der Waals surface area contributed by atoms with Gasteiger partial charge < -0.3 is 9.64 Å². The van der Waals surface area contributed by atoms with Crippen molar-refractivity contribution < 1.29 is 14.3 Å². The Kier molecular flexibility index (Phi) is 7.94. The molecule has 0 aliphatic carbocycles. The van der Waals surface area contributed by atoms with Gasteiger partial charge in [-0.15, -0.1) is 0 Å². The van der Waals surface area contributed by atoms with E-state index in [1.54, 1.807) is 42.2 Å². The number of thiazole rings is 1. The number of amides is 1. The molecule has 1 aromatic heterocycles. The molecule has 0 saturated heterocycles. The maximum Gasteiger partial charge on any atom is 0.338 e. The van der Waals surface area contributed by atoms with Crippen LogP contribution in [0.4, 0.5) is 5.69 Å². The summed E-state index contributed by atoms with van der Waals surface area (Å²) in [5, 5.41) is 1.05. The number of hydrogen-bond donors (Lipinski definition) is 0. The molecule has 0 radical (unpaired) electrons. The number of nitrogens with zero attached hydrogens (tertiary/aromatic N) is 3. The van der Waals surface area contributed by atoms with Crippen molar-refractivity contribution in [3.8, 4) is 0 Å². The summed E-state index contributed by atoms with van der Waals surface area (Å²) in [6.45, 7) is 2.10. The van der Waals surface area contributed by atoms with Gasteiger partial charge in [0.2, 0.25) is 0 Å². The second kappa shape index (κ2) is 12.2. The van der Waals surface area contributed by atoms with E-state index in [1.165, 1.54) is 4.57 Å². The maximum absolute atomic E-state index is 14.6. The predicted octanol–water partition coefficient (Wildman–Crippen LogP) is 6.16. The quantitative estimate of drug-likeness (QED) is 0.204. The number of anilines is 1. The molecular formula is C36H25Cl2N3O4S. The normalized spacial score (nSPS) is 16.6. The summed E-state index contributed by atoms with van der Waals surface area (Å²) in [5.74, 6) is -0.904. The van der Waals surface area contributed by atoms with Gasteiger partial charge in [0, 0.05) is 21.2 Å². The average molecular weight is 667 g/mol. The summed E-state index contributed by atoms with van der Waals surface area (Å²) in [6.07, 6.45) is 0. The van der Waals surface area contributed by atoms with Gasteiger partial charge >= 0.3 is 5.97 Å². The molecule has 7 rings (SSSR count). The number of rotatable bonds is 6. The first kappa shape index (κ1) is 29.9. The molecule has 5 aromatic rings. The number of fused-ring (bicyclic) bond motifs is 2. The van der Waals surface area contributed by atoms with Gasteiger partial charge in [-0.3, -0.25) is 14.2 Å². The molecule has 0 unspecified atom stereocenters. The van der Waals surface area contributed by atoms with E-state index in [-0.39, 0.29) is 34.7 Å². The van der Waals surface area contributed by atoms with E-state index in [1.807, 2.05) is 72.8 Å².